The Morgan fingerprint density at radius 3 is 2.70 bits per heavy atom. The maximum absolute atomic E-state index is 6.34. The van der Waals surface area contributed by atoms with Gasteiger partial charge in [0.2, 0.25) is 5.82 Å². The Hall–Kier alpha value is -4.44. The van der Waals surface area contributed by atoms with E-state index in [2.05, 4.69) is 87.7 Å². The van der Waals surface area contributed by atoms with Gasteiger partial charge >= 0.3 is 6.01 Å². The molecule has 0 bridgehead atoms. The number of benzene rings is 2. The van der Waals surface area contributed by atoms with Crippen molar-refractivity contribution in [3.63, 3.8) is 0 Å². The molecule has 3 aromatic heterocycles. The van der Waals surface area contributed by atoms with Crippen molar-refractivity contribution < 1.29 is 9.15 Å². The van der Waals surface area contributed by atoms with Crippen molar-refractivity contribution in [2.75, 3.05) is 44.0 Å². The van der Waals surface area contributed by atoms with Crippen LogP contribution in [0.2, 0.25) is 0 Å². The van der Waals surface area contributed by atoms with Gasteiger partial charge in [0.25, 0.3) is 0 Å². The monoisotopic (exact) mass is 578 g/mol. The van der Waals surface area contributed by atoms with Gasteiger partial charge in [-0.1, -0.05) is 37.3 Å². The van der Waals surface area contributed by atoms with Crippen molar-refractivity contribution in [2.45, 2.75) is 45.7 Å². The zero-order chi connectivity index (χ0) is 29.4. The molecule has 10 nitrogen and oxygen atoms in total. The minimum Gasteiger partial charge on any atom is -0.463 e. The van der Waals surface area contributed by atoms with Crippen molar-refractivity contribution in [2.24, 2.45) is 5.41 Å². The summed E-state index contributed by atoms with van der Waals surface area (Å²) in [6.45, 7) is 5.84. The zero-order valence-corrected chi connectivity index (χ0v) is 25.1. The van der Waals surface area contributed by atoms with Crippen LogP contribution in [-0.2, 0) is 25.9 Å². The Balaban J connectivity index is 1.18. The number of ether oxygens (including phenoxy) is 1. The molecule has 0 amide bonds. The Labute approximate surface area is 251 Å². The Kier molecular flexibility index (Phi) is 7.22. The van der Waals surface area contributed by atoms with Crippen LogP contribution in [0.1, 0.15) is 42.4 Å². The van der Waals surface area contributed by atoms with Gasteiger partial charge in [-0.2, -0.15) is 9.97 Å². The van der Waals surface area contributed by atoms with Crippen molar-refractivity contribution in [3.8, 4) is 17.6 Å². The molecule has 1 fully saturated rings. The zero-order valence-electron chi connectivity index (χ0n) is 25.1. The predicted molar refractivity (Wildman–Crippen MR) is 167 cm³/mol. The number of hydrogen-bond acceptors (Lipinski definition) is 9. The van der Waals surface area contributed by atoms with E-state index in [0.29, 0.717) is 43.1 Å². The third kappa shape index (κ3) is 5.67. The molecule has 0 radical (unpaired) electrons. The van der Waals surface area contributed by atoms with Crippen LogP contribution in [0.4, 0.5) is 11.5 Å². The predicted octanol–water partition coefficient (Wildman–Crippen LogP) is 5.47. The smallest absolute Gasteiger partial charge is 0.318 e. The first-order valence-corrected chi connectivity index (χ1v) is 15.1. The van der Waals surface area contributed by atoms with E-state index < -0.39 is 0 Å². The second kappa shape index (κ2) is 11.3. The summed E-state index contributed by atoms with van der Waals surface area (Å²) in [5, 5.41) is 13.4. The van der Waals surface area contributed by atoms with E-state index in [0.717, 1.165) is 43.0 Å². The summed E-state index contributed by atoms with van der Waals surface area (Å²) in [6, 6.07) is 17.3. The number of rotatable bonds is 11. The maximum Gasteiger partial charge on any atom is 0.318 e. The van der Waals surface area contributed by atoms with Crippen LogP contribution in [0.15, 0.2) is 59.2 Å². The molecular formula is C33H38N8O2. The highest BCUT2D eigenvalue weighted by Crippen LogP contribution is 2.46. The average molecular weight is 579 g/mol. The summed E-state index contributed by atoms with van der Waals surface area (Å²) in [5.41, 5.74) is 4.93. The van der Waals surface area contributed by atoms with E-state index in [4.69, 9.17) is 19.1 Å². The van der Waals surface area contributed by atoms with Crippen molar-refractivity contribution in [1.82, 2.24) is 30.0 Å². The molecule has 0 saturated heterocycles. The highest BCUT2D eigenvalue weighted by atomic mass is 16.5. The van der Waals surface area contributed by atoms with Gasteiger partial charge in [-0.25, -0.2) is 4.98 Å². The number of H-pyrrole nitrogens is 1. The lowest BCUT2D eigenvalue weighted by Crippen LogP contribution is -2.33. The lowest BCUT2D eigenvalue weighted by atomic mass is 9.98. The van der Waals surface area contributed by atoms with Gasteiger partial charge < -0.3 is 24.3 Å². The van der Waals surface area contributed by atoms with Crippen LogP contribution in [0, 0.1) is 5.41 Å². The molecule has 1 saturated carbocycles. The van der Waals surface area contributed by atoms with E-state index in [1.54, 1.807) is 6.26 Å². The topological polar surface area (TPSA) is 108 Å². The third-order valence-corrected chi connectivity index (χ3v) is 8.55. The number of aromatic amines is 1. The van der Waals surface area contributed by atoms with Gasteiger partial charge in [0.05, 0.1) is 31.7 Å². The van der Waals surface area contributed by atoms with Gasteiger partial charge in [-0.3, -0.25) is 5.10 Å². The number of fused-ring (bicyclic) bond motifs is 2. The van der Waals surface area contributed by atoms with Gasteiger partial charge in [-0.15, -0.1) is 5.10 Å². The SMILES string of the molecule is CCc1cccc2cccc(N3CCc4c(nc(OCC5(CN(C)C)CC5)nc4NCc4nc(-c5ccco5)n[nH]4)C3)c12. The van der Waals surface area contributed by atoms with Gasteiger partial charge in [0.15, 0.2) is 5.76 Å². The number of nitrogens with zero attached hydrogens (tertiary/aromatic N) is 6. The molecule has 43 heavy (non-hydrogen) atoms. The molecule has 1 aliphatic heterocycles. The van der Waals surface area contributed by atoms with Crippen molar-refractivity contribution in [3.05, 3.63) is 77.4 Å². The number of aryl methyl sites for hydroxylation is 1. The number of nitrogens with one attached hydrogen (secondary N) is 2. The van der Waals surface area contributed by atoms with E-state index in [-0.39, 0.29) is 5.41 Å². The highest BCUT2D eigenvalue weighted by molar-refractivity contribution is 5.97. The standard InChI is InChI=1S/C33H38N8O2/c1-4-22-8-5-9-23-10-6-11-26(29(22)23)41-16-13-24-25(19-41)35-32(43-21-33(14-15-33)20-40(2)3)37-30(24)34-18-28-36-31(39-38-28)27-12-7-17-42-27/h5-12,17H,4,13-16,18-21H2,1-3H3,(H,34,35,37)(H,36,38,39). The van der Waals surface area contributed by atoms with Crippen LogP contribution in [-0.4, -0.2) is 63.8 Å². The Bertz CT molecular complexity index is 1720. The second-order valence-electron chi connectivity index (χ2n) is 12.1. The van der Waals surface area contributed by atoms with Crippen LogP contribution in [0.3, 0.4) is 0 Å². The fourth-order valence-corrected chi connectivity index (χ4v) is 6.25. The summed E-state index contributed by atoms with van der Waals surface area (Å²) < 4.78 is 11.8. The Morgan fingerprint density at radius 1 is 1.07 bits per heavy atom. The average Bonchev–Trinajstić information content (AvgIpc) is 3.37. The molecule has 2 N–H and O–H groups in total. The second-order valence-corrected chi connectivity index (χ2v) is 12.1. The molecule has 0 unspecified atom stereocenters. The van der Waals surface area contributed by atoms with E-state index >= 15 is 0 Å². The van der Waals surface area contributed by atoms with E-state index in [1.807, 2.05) is 12.1 Å². The van der Waals surface area contributed by atoms with E-state index in [9.17, 15) is 0 Å². The quantitative estimate of drug-likeness (QED) is 0.211. The third-order valence-electron chi connectivity index (χ3n) is 8.55. The van der Waals surface area contributed by atoms with Crippen molar-refractivity contribution in [1.29, 1.82) is 0 Å². The first kappa shape index (κ1) is 27.4. The van der Waals surface area contributed by atoms with E-state index in [1.165, 1.54) is 34.9 Å². The summed E-state index contributed by atoms with van der Waals surface area (Å²) in [5.74, 6) is 2.65. The summed E-state index contributed by atoms with van der Waals surface area (Å²) >= 11 is 0. The van der Waals surface area contributed by atoms with Gasteiger partial charge in [0, 0.05) is 35.1 Å². The lowest BCUT2D eigenvalue weighted by Gasteiger charge is -2.32. The molecule has 222 valence electrons. The molecule has 4 heterocycles. The molecule has 2 aromatic carbocycles. The van der Waals surface area contributed by atoms with Crippen LogP contribution < -0.4 is 15.0 Å². The number of aromatic nitrogens is 5. The molecule has 1 aliphatic carbocycles. The number of hydrogen-bond donors (Lipinski definition) is 2. The molecule has 2 aliphatic rings. The van der Waals surface area contributed by atoms with Crippen LogP contribution in [0.25, 0.3) is 22.4 Å². The van der Waals surface area contributed by atoms with Gasteiger partial charge in [-0.05, 0) is 68.9 Å². The number of furan rings is 1. The van der Waals surface area contributed by atoms with Crippen molar-refractivity contribution >= 4 is 22.3 Å². The fourth-order valence-electron chi connectivity index (χ4n) is 6.25. The molecule has 10 heteroatoms. The number of anilines is 2. The molecule has 0 atom stereocenters. The molecule has 7 rings (SSSR count). The largest absolute Gasteiger partial charge is 0.463 e. The molecule has 5 aromatic rings. The summed E-state index contributed by atoms with van der Waals surface area (Å²) in [7, 11) is 4.23. The maximum atomic E-state index is 6.34. The molecular weight excluding hydrogens is 540 g/mol. The van der Waals surface area contributed by atoms with Gasteiger partial charge in [0.1, 0.15) is 11.6 Å². The molecule has 0 spiro atoms. The summed E-state index contributed by atoms with van der Waals surface area (Å²) in [4.78, 5) is 19.2. The minimum atomic E-state index is 0.185. The fraction of sp³-hybridized carbons (Fsp3) is 0.394. The summed E-state index contributed by atoms with van der Waals surface area (Å²) in [6.07, 6.45) is 5.76. The first-order chi connectivity index (χ1) is 21.0. The normalized spacial score (nSPS) is 15.6. The minimum absolute atomic E-state index is 0.185. The lowest BCUT2D eigenvalue weighted by molar-refractivity contribution is 0.182. The Morgan fingerprint density at radius 2 is 1.93 bits per heavy atom. The highest BCUT2D eigenvalue weighted by Gasteiger charge is 2.44. The van der Waals surface area contributed by atoms with Crippen LogP contribution in [0.5, 0.6) is 6.01 Å². The van der Waals surface area contributed by atoms with Crippen LogP contribution >= 0.6 is 0 Å². The first-order valence-electron chi connectivity index (χ1n) is 15.1.